The van der Waals surface area contributed by atoms with Crippen molar-refractivity contribution in [2.24, 2.45) is 11.8 Å². The van der Waals surface area contributed by atoms with Gasteiger partial charge in [-0.05, 0) is 52.4 Å². The minimum absolute atomic E-state index is 0.00581. The highest BCUT2D eigenvalue weighted by atomic mass is 16.6. The zero-order chi connectivity index (χ0) is 21.9. The van der Waals surface area contributed by atoms with Gasteiger partial charge in [-0.25, -0.2) is 9.59 Å². The van der Waals surface area contributed by atoms with E-state index in [1.165, 1.54) is 18.4 Å². The lowest BCUT2D eigenvalue weighted by molar-refractivity contribution is -0.144. The number of rotatable bonds is 5. The van der Waals surface area contributed by atoms with E-state index in [2.05, 4.69) is 25.2 Å². The third-order valence-electron chi connectivity index (χ3n) is 6.31. The van der Waals surface area contributed by atoms with Gasteiger partial charge in [-0.2, -0.15) is 0 Å². The summed E-state index contributed by atoms with van der Waals surface area (Å²) in [6.45, 7) is 5.15. The second-order valence-electron chi connectivity index (χ2n) is 8.84. The summed E-state index contributed by atoms with van der Waals surface area (Å²) in [5.41, 5.74) is 1.35. The molecule has 0 unspecified atom stereocenters. The largest absolute Gasteiger partial charge is 0.478 e. The molecule has 0 amide bonds. The fourth-order valence-electron chi connectivity index (χ4n) is 4.30. The van der Waals surface area contributed by atoms with Crippen molar-refractivity contribution in [1.29, 1.82) is 0 Å². The van der Waals surface area contributed by atoms with Gasteiger partial charge in [0.1, 0.15) is 12.2 Å². The van der Waals surface area contributed by atoms with Gasteiger partial charge >= 0.3 is 17.9 Å². The predicted molar refractivity (Wildman–Crippen MR) is 108 cm³/mol. The molecule has 3 N–H and O–H groups in total. The van der Waals surface area contributed by atoms with Gasteiger partial charge in [0.05, 0.1) is 11.5 Å². The van der Waals surface area contributed by atoms with Crippen molar-refractivity contribution in [2.45, 2.75) is 76.2 Å². The average Bonchev–Trinajstić information content (AvgIpc) is 3.58. The quantitative estimate of drug-likeness (QED) is 0.267. The maximum absolute atomic E-state index is 12.4. The molecule has 1 saturated carbocycles. The Morgan fingerprint density at radius 2 is 1.90 bits per heavy atom. The van der Waals surface area contributed by atoms with Gasteiger partial charge in [0.2, 0.25) is 0 Å². The summed E-state index contributed by atoms with van der Waals surface area (Å²) in [6, 6.07) is 0.635. The van der Waals surface area contributed by atoms with Crippen LogP contribution in [0.4, 0.5) is 0 Å². The summed E-state index contributed by atoms with van der Waals surface area (Å²) in [4.78, 5) is 31.5. The van der Waals surface area contributed by atoms with Crippen molar-refractivity contribution < 1.29 is 34.1 Å². The van der Waals surface area contributed by atoms with Crippen molar-refractivity contribution in [3.05, 3.63) is 23.8 Å². The van der Waals surface area contributed by atoms with Crippen molar-refractivity contribution >= 4 is 17.9 Å². The molecule has 0 aromatic rings. The van der Waals surface area contributed by atoms with Gasteiger partial charge < -0.3 is 25.0 Å². The van der Waals surface area contributed by atoms with Crippen LogP contribution in [0.15, 0.2) is 23.8 Å². The molecule has 4 rings (SSSR count). The van der Waals surface area contributed by atoms with Crippen LogP contribution in [0.2, 0.25) is 0 Å². The normalized spacial score (nSPS) is 35.3. The number of esters is 1. The van der Waals surface area contributed by atoms with Crippen LogP contribution < -0.4 is 5.32 Å². The van der Waals surface area contributed by atoms with Crippen LogP contribution in [0.3, 0.4) is 0 Å². The Morgan fingerprint density at radius 1 is 1.23 bits per heavy atom. The SMILES string of the molecule is CC1=CCC[C@@]2(C)O[C@H]2[C@H]2OC(=O)[C@@H](CNC3CC3)[C@@H]2CC1.O=C(O)/C=C/C(=O)O. The van der Waals surface area contributed by atoms with Crippen LogP contribution in [0.5, 0.6) is 0 Å². The van der Waals surface area contributed by atoms with E-state index in [1.54, 1.807) is 0 Å². The summed E-state index contributed by atoms with van der Waals surface area (Å²) in [5, 5.41) is 19.1. The minimum Gasteiger partial charge on any atom is -0.478 e. The predicted octanol–water partition coefficient (Wildman–Crippen LogP) is 2.29. The van der Waals surface area contributed by atoms with Gasteiger partial charge in [-0.1, -0.05) is 11.6 Å². The molecule has 0 spiro atoms. The molecule has 0 bridgehead atoms. The Hall–Kier alpha value is -2.19. The molecule has 2 saturated heterocycles. The number of hydrogen-bond acceptors (Lipinski definition) is 6. The lowest BCUT2D eigenvalue weighted by atomic mass is 9.80. The third-order valence-corrected chi connectivity index (χ3v) is 6.31. The Bertz CT molecular complexity index is 726. The Labute approximate surface area is 176 Å². The molecule has 8 nitrogen and oxygen atoms in total. The second-order valence-corrected chi connectivity index (χ2v) is 8.84. The molecule has 30 heavy (non-hydrogen) atoms. The van der Waals surface area contributed by atoms with Gasteiger partial charge in [-0.15, -0.1) is 0 Å². The lowest BCUT2D eigenvalue weighted by Gasteiger charge is -2.22. The summed E-state index contributed by atoms with van der Waals surface area (Å²) in [5.74, 6) is -2.22. The topological polar surface area (TPSA) is 125 Å². The maximum Gasteiger partial charge on any atom is 0.328 e. The minimum atomic E-state index is -1.26. The van der Waals surface area contributed by atoms with Crippen LogP contribution in [-0.2, 0) is 23.9 Å². The fourth-order valence-corrected chi connectivity index (χ4v) is 4.30. The van der Waals surface area contributed by atoms with Crippen LogP contribution >= 0.6 is 0 Å². The molecule has 3 fully saturated rings. The number of carboxylic acids is 2. The Kier molecular flexibility index (Phi) is 6.98. The molecule has 0 radical (unpaired) electrons. The van der Waals surface area contributed by atoms with Crippen molar-refractivity contribution in [1.82, 2.24) is 5.32 Å². The summed E-state index contributed by atoms with van der Waals surface area (Å²) in [7, 11) is 0. The first kappa shape index (κ1) is 22.5. The van der Waals surface area contributed by atoms with Gasteiger partial charge in [0.25, 0.3) is 0 Å². The number of ether oxygens (including phenoxy) is 2. The van der Waals surface area contributed by atoms with E-state index in [4.69, 9.17) is 19.7 Å². The molecule has 8 heteroatoms. The van der Waals surface area contributed by atoms with Crippen LogP contribution in [0.25, 0.3) is 0 Å². The van der Waals surface area contributed by atoms with E-state index < -0.39 is 11.9 Å². The smallest absolute Gasteiger partial charge is 0.328 e. The van der Waals surface area contributed by atoms with Crippen molar-refractivity contribution in [3.8, 4) is 0 Å². The highest BCUT2D eigenvalue weighted by molar-refractivity contribution is 5.89. The molecular weight excluding hydrogens is 390 g/mol. The number of epoxide rings is 1. The number of nitrogens with one attached hydrogen (secondary N) is 1. The zero-order valence-corrected chi connectivity index (χ0v) is 17.5. The number of carbonyl (C=O) groups excluding carboxylic acids is 1. The number of carboxylic acid groups (broad SMARTS) is 2. The van der Waals surface area contributed by atoms with E-state index in [9.17, 15) is 14.4 Å². The molecule has 166 valence electrons. The Balaban J connectivity index is 0.000000275. The van der Waals surface area contributed by atoms with Gasteiger partial charge in [0, 0.05) is 30.7 Å². The first-order valence-electron chi connectivity index (χ1n) is 10.6. The standard InChI is InChI=1S/C18H27NO3.C4H4O4/c1-11-4-3-9-18(2)16(22-18)15-13(8-5-11)14(17(20)21-15)10-19-12-6-7-12;5-3(6)1-2-4(7)8/h4,12-16,19H,3,5-10H2,1-2H3;1-2H,(H,5,6)(H,7,8)/b;2-1+/t13-,14-,15-,16-,18+;/m0./s1. The first-order valence-corrected chi connectivity index (χ1v) is 10.6. The van der Waals surface area contributed by atoms with Crippen LogP contribution in [-0.4, -0.2) is 58.5 Å². The van der Waals surface area contributed by atoms with Crippen molar-refractivity contribution in [2.75, 3.05) is 6.54 Å². The van der Waals surface area contributed by atoms with E-state index in [0.717, 1.165) is 32.2 Å². The highest BCUT2D eigenvalue weighted by Gasteiger charge is 2.62. The summed E-state index contributed by atoms with van der Waals surface area (Å²) in [6.07, 6.45) is 10.2. The number of carbonyl (C=O) groups is 3. The summed E-state index contributed by atoms with van der Waals surface area (Å²) < 4.78 is 11.8. The zero-order valence-electron chi connectivity index (χ0n) is 17.5. The molecule has 2 heterocycles. The average molecular weight is 421 g/mol. The second kappa shape index (κ2) is 9.31. The van der Waals surface area contributed by atoms with E-state index in [1.807, 2.05) is 0 Å². The fraction of sp³-hybridized carbons (Fsp3) is 0.682. The van der Waals surface area contributed by atoms with Gasteiger partial charge in [0.15, 0.2) is 0 Å². The molecule has 0 aromatic carbocycles. The monoisotopic (exact) mass is 421 g/mol. The molecular formula is C22H31NO7. The lowest BCUT2D eigenvalue weighted by Crippen LogP contribution is -2.35. The maximum atomic E-state index is 12.4. The Morgan fingerprint density at radius 3 is 2.50 bits per heavy atom. The van der Waals surface area contributed by atoms with Crippen molar-refractivity contribution in [3.63, 3.8) is 0 Å². The van der Waals surface area contributed by atoms with E-state index in [0.29, 0.717) is 24.1 Å². The first-order chi connectivity index (χ1) is 14.2. The van der Waals surface area contributed by atoms with Crippen LogP contribution in [0, 0.1) is 11.8 Å². The number of allylic oxidation sites excluding steroid dienone is 2. The molecule has 2 aliphatic carbocycles. The molecule has 4 aliphatic rings. The molecule has 5 atom stereocenters. The van der Waals surface area contributed by atoms with Crippen LogP contribution in [0.1, 0.15) is 52.4 Å². The number of hydrogen-bond donors (Lipinski definition) is 3. The van der Waals surface area contributed by atoms with Gasteiger partial charge in [-0.3, -0.25) is 4.79 Å². The van der Waals surface area contributed by atoms with E-state index in [-0.39, 0.29) is 29.7 Å². The molecule has 0 aromatic heterocycles. The number of fused-ring (bicyclic) bond motifs is 3. The summed E-state index contributed by atoms with van der Waals surface area (Å²) >= 11 is 0. The van der Waals surface area contributed by atoms with E-state index >= 15 is 0 Å². The third kappa shape index (κ3) is 5.92. The highest BCUT2D eigenvalue weighted by Crippen LogP contribution is 2.50. The number of aliphatic carboxylic acids is 2. The molecule has 2 aliphatic heterocycles.